The van der Waals surface area contributed by atoms with Crippen LogP contribution in [-0.2, 0) is 4.79 Å². The Morgan fingerprint density at radius 1 is 1.33 bits per heavy atom. The second-order valence-electron chi connectivity index (χ2n) is 5.47. The molecular weight excluding hydrogens is 268 g/mol. The van der Waals surface area contributed by atoms with Crippen LogP contribution in [-0.4, -0.2) is 47.1 Å². The number of piperidine rings is 1. The van der Waals surface area contributed by atoms with E-state index in [0.29, 0.717) is 18.5 Å². The second-order valence-corrected chi connectivity index (χ2v) is 5.47. The number of carbonyl (C=O) groups excluding carboxylic acids is 2. The molecule has 2 atom stereocenters. The molecule has 1 aromatic rings. The van der Waals surface area contributed by atoms with Crippen molar-refractivity contribution >= 4 is 11.8 Å². The van der Waals surface area contributed by atoms with Crippen molar-refractivity contribution in [3.8, 4) is 0 Å². The van der Waals surface area contributed by atoms with E-state index in [1.165, 1.54) is 0 Å². The fourth-order valence-corrected chi connectivity index (χ4v) is 2.58. The van der Waals surface area contributed by atoms with Gasteiger partial charge in [0.1, 0.15) is 6.04 Å². The van der Waals surface area contributed by atoms with Crippen molar-refractivity contribution in [1.29, 1.82) is 0 Å². The number of aliphatic hydroxyl groups excluding tert-OH is 1. The Kier molecular flexibility index (Phi) is 5.33. The number of benzene rings is 1. The zero-order valence-electron chi connectivity index (χ0n) is 12.3. The molecular formula is C16H22N2O3. The van der Waals surface area contributed by atoms with E-state index in [9.17, 15) is 9.59 Å². The largest absolute Gasteiger partial charge is 0.394 e. The van der Waals surface area contributed by atoms with E-state index in [2.05, 4.69) is 5.32 Å². The van der Waals surface area contributed by atoms with E-state index >= 15 is 0 Å². The van der Waals surface area contributed by atoms with Crippen molar-refractivity contribution in [2.24, 2.45) is 0 Å². The molecule has 21 heavy (non-hydrogen) atoms. The van der Waals surface area contributed by atoms with Gasteiger partial charge in [-0.15, -0.1) is 0 Å². The zero-order chi connectivity index (χ0) is 15.2. The molecule has 0 spiro atoms. The highest BCUT2D eigenvalue weighted by atomic mass is 16.3. The minimum atomic E-state index is -0.444. The van der Waals surface area contributed by atoms with Crippen LogP contribution in [0, 0.1) is 0 Å². The molecule has 0 aliphatic carbocycles. The number of aliphatic hydroxyl groups is 1. The molecule has 1 aromatic carbocycles. The molecule has 0 aromatic heterocycles. The maximum Gasteiger partial charge on any atom is 0.254 e. The summed E-state index contributed by atoms with van der Waals surface area (Å²) in [6, 6.07) is 8.29. The third-order valence-electron chi connectivity index (χ3n) is 3.75. The average molecular weight is 290 g/mol. The van der Waals surface area contributed by atoms with Gasteiger partial charge >= 0.3 is 0 Å². The van der Waals surface area contributed by atoms with Gasteiger partial charge in [0.25, 0.3) is 5.91 Å². The van der Waals surface area contributed by atoms with Crippen LogP contribution < -0.4 is 5.32 Å². The molecule has 1 aliphatic rings. The Morgan fingerprint density at radius 2 is 2.05 bits per heavy atom. The summed E-state index contributed by atoms with van der Waals surface area (Å²) in [6.45, 7) is 2.23. The van der Waals surface area contributed by atoms with Gasteiger partial charge in [0, 0.05) is 18.2 Å². The number of hydrogen-bond acceptors (Lipinski definition) is 3. The molecule has 0 saturated carbocycles. The van der Waals surface area contributed by atoms with E-state index in [-0.39, 0.29) is 24.5 Å². The van der Waals surface area contributed by atoms with Crippen molar-refractivity contribution in [3.63, 3.8) is 0 Å². The molecule has 0 radical (unpaired) electrons. The summed E-state index contributed by atoms with van der Waals surface area (Å²) >= 11 is 0. The van der Waals surface area contributed by atoms with Crippen molar-refractivity contribution in [2.45, 2.75) is 38.3 Å². The Balaban J connectivity index is 2.12. The van der Waals surface area contributed by atoms with Crippen LogP contribution in [0.15, 0.2) is 30.3 Å². The minimum absolute atomic E-state index is 0.105. The van der Waals surface area contributed by atoms with Gasteiger partial charge in [-0.05, 0) is 38.3 Å². The fourth-order valence-electron chi connectivity index (χ4n) is 2.58. The first-order chi connectivity index (χ1) is 10.1. The summed E-state index contributed by atoms with van der Waals surface area (Å²) in [7, 11) is 0. The molecule has 0 bridgehead atoms. The minimum Gasteiger partial charge on any atom is -0.394 e. The van der Waals surface area contributed by atoms with Gasteiger partial charge in [-0.25, -0.2) is 0 Å². The Labute approximate surface area is 125 Å². The van der Waals surface area contributed by atoms with Crippen molar-refractivity contribution in [1.82, 2.24) is 10.2 Å². The third-order valence-corrected chi connectivity index (χ3v) is 3.75. The molecule has 5 heteroatoms. The summed E-state index contributed by atoms with van der Waals surface area (Å²) < 4.78 is 0. The smallest absolute Gasteiger partial charge is 0.254 e. The number of nitrogens with one attached hydrogen (secondary N) is 1. The zero-order valence-corrected chi connectivity index (χ0v) is 12.3. The van der Waals surface area contributed by atoms with E-state index < -0.39 is 6.04 Å². The summed E-state index contributed by atoms with van der Waals surface area (Å²) in [5.74, 6) is -0.285. The topological polar surface area (TPSA) is 69.6 Å². The molecule has 114 valence electrons. The van der Waals surface area contributed by atoms with E-state index in [1.54, 1.807) is 24.0 Å². The van der Waals surface area contributed by atoms with Crippen molar-refractivity contribution in [2.75, 3.05) is 13.2 Å². The molecule has 1 aliphatic heterocycles. The summed E-state index contributed by atoms with van der Waals surface area (Å²) in [5.41, 5.74) is 0.604. The van der Waals surface area contributed by atoms with Gasteiger partial charge in [0.2, 0.25) is 5.91 Å². The summed E-state index contributed by atoms with van der Waals surface area (Å²) in [4.78, 5) is 26.5. The van der Waals surface area contributed by atoms with Crippen LogP contribution in [0.1, 0.15) is 36.5 Å². The standard InChI is InChI=1S/C16H22N2O3/c1-12(11-19)17-15(20)14-9-5-6-10-18(14)16(21)13-7-3-2-4-8-13/h2-4,7-8,12,14,19H,5-6,9-11H2,1H3,(H,17,20). The molecule has 2 amide bonds. The van der Waals surface area contributed by atoms with Gasteiger partial charge in [-0.2, -0.15) is 0 Å². The predicted molar refractivity (Wildman–Crippen MR) is 79.8 cm³/mol. The van der Waals surface area contributed by atoms with Gasteiger partial charge in [-0.3, -0.25) is 9.59 Å². The van der Waals surface area contributed by atoms with Gasteiger partial charge in [-0.1, -0.05) is 18.2 Å². The molecule has 2 unspecified atom stereocenters. The quantitative estimate of drug-likeness (QED) is 0.875. The average Bonchev–Trinajstić information content (AvgIpc) is 2.54. The van der Waals surface area contributed by atoms with E-state index in [4.69, 9.17) is 5.11 Å². The van der Waals surface area contributed by atoms with Crippen LogP contribution in [0.4, 0.5) is 0 Å². The molecule has 2 rings (SSSR count). The molecule has 2 N–H and O–H groups in total. The lowest BCUT2D eigenvalue weighted by Crippen LogP contribution is -2.53. The van der Waals surface area contributed by atoms with Crippen LogP contribution in [0.2, 0.25) is 0 Å². The van der Waals surface area contributed by atoms with Crippen LogP contribution in [0.5, 0.6) is 0 Å². The van der Waals surface area contributed by atoms with Crippen LogP contribution in [0.3, 0.4) is 0 Å². The molecule has 5 nitrogen and oxygen atoms in total. The lowest BCUT2D eigenvalue weighted by molar-refractivity contribution is -0.127. The SMILES string of the molecule is CC(CO)NC(=O)C1CCCCN1C(=O)c1ccccc1. The van der Waals surface area contributed by atoms with Crippen LogP contribution in [0.25, 0.3) is 0 Å². The second kappa shape index (κ2) is 7.22. The summed E-state index contributed by atoms with van der Waals surface area (Å²) in [5, 5.41) is 11.8. The first-order valence-electron chi connectivity index (χ1n) is 7.40. The lowest BCUT2D eigenvalue weighted by Gasteiger charge is -2.35. The molecule has 1 fully saturated rings. The number of amides is 2. The highest BCUT2D eigenvalue weighted by molar-refractivity contribution is 5.97. The highest BCUT2D eigenvalue weighted by Gasteiger charge is 2.32. The third kappa shape index (κ3) is 3.82. The number of rotatable bonds is 4. The van der Waals surface area contributed by atoms with Crippen molar-refractivity contribution < 1.29 is 14.7 Å². The van der Waals surface area contributed by atoms with Crippen LogP contribution >= 0.6 is 0 Å². The number of carbonyl (C=O) groups is 2. The fraction of sp³-hybridized carbons (Fsp3) is 0.500. The molecule has 1 heterocycles. The highest BCUT2D eigenvalue weighted by Crippen LogP contribution is 2.20. The Morgan fingerprint density at radius 3 is 2.71 bits per heavy atom. The van der Waals surface area contributed by atoms with Gasteiger partial charge in [0.05, 0.1) is 6.61 Å². The number of likely N-dealkylation sites (tertiary alicyclic amines) is 1. The first kappa shape index (κ1) is 15.5. The maximum absolute atomic E-state index is 12.6. The lowest BCUT2D eigenvalue weighted by atomic mass is 9.99. The summed E-state index contributed by atoms with van der Waals surface area (Å²) in [6.07, 6.45) is 2.52. The Hall–Kier alpha value is -1.88. The monoisotopic (exact) mass is 290 g/mol. The first-order valence-corrected chi connectivity index (χ1v) is 7.40. The van der Waals surface area contributed by atoms with Crippen molar-refractivity contribution in [3.05, 3.63) is 35.9 Å². The Bertz CT molecular complexity index is 490. The predicted octanol–water partition coefficient (Wildman–Crippen LogP) is 1.18. The normalized spacial score (nSPS) is 19.9. The van der Waals surface area contributed by atoms with Gasteiger partial charge in [0.15, 0.2) is 0 Å². The van der Waals surface area contributed by atoms with Gasteiger partial charge < -0.3 is 15.3 Å². The maximum atomic E-state index is 12.6. The van der Waals surface area contributed by atoms with E-state index in [1.807, 2.05) is 18.2 Å². The van der Waals surface area contributed by atoms with E-state index in [0.717, 1.165) is 12.8 Å². The molecule has 1 saturated heterocycles. The number of hydrogen-bond donors (Lipinski definition) is 2. The number of nitrogens with zero attached hydrogens (tertiary/aromatic N) is 1.